The lowest BCUT2D eigenvalue weighted by Gasteiger charge is -2.35. The van der Waals surface area contributed by atoms with E-state index in [1.165, 1.54) is 10.4 Å². The van der Waals surface area contributed by atoms with Crippen LogP contribution in [0, 0.1) is 20.8 Å². The Hall–Kier alpha value is -4.23. The summed E-state index contributed by atoms with van der Waals surface area (Å²) in [5.74, 6) is 0.960. The summed E-state index contributed by atoms with van der Waals surface area (Å²) in [7, 11) is 0. The molecule has 1 unspecified atom stereocenters. The van der Waals surface area contributed by atoms with E-state index in [0.717, 1.165) is 90.3 Å². The molecule has 2 atom stereocenters. The van der Waals surface area contributed by atoms with Gasteiger partial charge >= 0.3 is 0 Å². The minimum absolute atomic E-state index is 0.137. The van der Waals surface area contributed by atoms with Crippen molar-refractivity contribution in [1.82, 2.24) is 34.8 Å². The van der Waals surface area contributed by atoms with E-state index in [4.69, 9.17) is 16.6 Å². The summed E-state index contributed by atoms with van der Waals surface area (Å²) in [5.41, 5.74) is 7.16. The van der Waals surface area contributed by atoms with Crippen LogP contribution in [0.5, 0.6) is 0 Å². The number of piperazine rings is 1. The van der Waals surface area contributed by atoms with E-state index in [1.54, 1.807) is 16.2 Å². The molecule has 0 aliphatic carbocycles. The van der Waals surface area contributed by atoms with Crippen LogP contribution in [0.4, 0.5) is 0 Å². The quantitative estimate of drug-likeness (QED) is 0.275. The zero-order valence-corrected chi connectivity index (χ0v) is 30.0. The molecule has 2 aromatic carbocycles. The smallest absolute Gasteiger partial charge is 0.255 e. The summed E-state index contributed by atoms with van der Waals surface area (Å²) in [5, 5.41) is 13.4. The molecule has 11 nitrogen and oxygen atoms in total. The van der Waals surface area contributed by atoms with Gasteiger partial charge in [0.15, 0.2) is 5.82 Å². The van der Waals surface area contributed by atoms with Gasteiger partial charge in [-0.1, -0.05) is 35.9 Å². The van der Waals surface area contributed by atoms with Crippen LogP contribution in [-0.2, 0) is 22.7 Å². The molecule has 0 spiro atoms. The number of carbonyl (C=O) groups excluding carboxylic acids is 3. The highest BCUT2D eigenvalue weighted by Gasteiger charge is 2.39. The molecule has 258 valence electrons. The number of hydrogen-bond donors (Lipinski definition) is 1. The number of nitrogens with one attached hydrogen (secondary N) is 1. The summed E-state index contributed by atoms with van der Waals surface area (Å²) in [6, 6.07) is 13.2. The summed E-state index contributed by atoms with van der Waals surface area (Å²) in [4.78, 5) is 50.4. The largest absolute Gasteiger partial charge is 0.322 e. The first-order valence-corrected chi connectivity index (χ1v) is 18.4. The standard InChI is InChI=1S/C37H39ClN8O3S/c1-21-22(2)50-37-32(21)33(25-5-7-27(38)8-6-25)39-29(34-42-41-23(3)46(34)37)12-13-43-14-16-44(17-15-43)19-24-4-9-28-26(18-24)20-45(36(28)49)30-10-11-31(47)40-35(30)48/h4-9,18,29-30H,10-17,19-20H2,1-3H3,(H,40,47,48)/t29-,30?/m0/s1. The molecule has 13 heteroatoms. The Bertz CT molecular complexity index is 2050. The van der Waals surface area contributed by atoms with E-state index in [2.05, 4.69) is 61.9 Å². The molecule has 3 amide bonds. The first-order chi connectivity index (χ1) is 24.1. The van der Waals surface area contributed by atoms with Crippen LogP contribution in [0.2, 0.25) is 5.02 Å². The van der Waals surface area contributed by atoms with Gasteiger partial charge in [0.1, 0.15) is 22.9 Å². The van der Waals surface area contributed by atoms with Crippen LogP contribution in [-0.4, -0.2) is 91.7 Å². The van der Waals surface area contributed by atoms with Gasteiger partial charge in [0.2, 0.25) is 11.8 Å². The van der Waals surface area contributed by atoms with Gasteiger partial charge in [-0.2, -0.15) is 0 Å². The van der Waals surface area contributed by atoms with Gasteiger partial charge < -0.3 is 9.80 Å². The molecule has 2 fully saturated rings. The number of rotatable bonds is 7. The molecule has 2 aromatic heterocycles. The summed E-state index contributed by atoms with van der Waals surface area (Å²) >= 11 is 8.05. The van der Waals surface area contributed by atoms with Gasteiger partial charge in [-0.15, -0.1) is 21.5 Å². The summed E-state index contributed by atoms with van der Waals surface area (Å²) in [6.45, 7) is 12.2. The highest BCUT2D eigenvalue weighted by Crippen LogP contribution is 2.40. The SMILES string of the molecule is Cc1sc2c(c1C)C(c1ccc(Cl)cc1)=N[C@@H](CCN1CCN(Cc3ccc4c(c3)CN(C3CCC(=O)NC3=O)C4=O)CC1)c1nnc(C)n1-2. The minimum atomic E-state index is -0.599. The van der Waals surface area contributed by atoms with E-state index < -0.39 is 6.04 Å². The lowest BCUT2D eigenvalue weighted by Crippen LogP contribution is -2.52. The highest BCUT2D eigenvalue weighted by molar-refractivity contribution is 7.15. The zero-order valence-electron chi connectivity index (χ0n) is 28.4. The van der Waals surface area contributed by atoms with Crippen molar-refractivity contribution in [1.29, 1.82) is 0 Å². The first-order valence-electron chi connectivity index (χ1n) is 17.2. The fourth-order valence-corrected chi connectivity index (χ4v) is 8.99. The molecular formula is C37H39ClN8O3S. The van der Waals surface area contributed by atoms with Crippen LogP contribution in [0.25, 0.3) is 5.00 Å². The van der Waals surface area contributed by atoms with Crippen LogP contribution < -0.4 is 5.32 Å². The number of piperidine rings is 1. The van der Waals surface area contributed by atoms with Crippen LogP contribution in [0.1, 0.15) is 80.0 Å². The maximum absolute atomic E-state index is 13.1. The van der Waals surface area contributed by atoms with Crippen LogP contribution in [0.3, 0.4) is 0 Å². The van der Waals surface area contributed by atoms with Gasteiger partial charge in [0.05, 0.1) is 5.71 Å². The van der Waals surface area contributed by atoms with Crippen molar-refractivity contribution >= 4 is 46.4 Å². The number of aromatic nitrogens is 3. The Morgan fingerprint density at radius 1 is 0.960 bits per heavy atom. The van der Waals surface area contributed by atoms with Gasteiger partial charge in [-0.25, -0.2) is 0 Å². The molecule has 0 bridgehead atoms. The predicted octanol–water partition coefficient (Wildman–Crippen LogP) is 4.77. The van der Waals surface area contributed by atoms with E-state index in [-0.39, 0.29) is 30.2 Å². The minimum Gasteiger partial charge on any atom is -0.322 e. The average Bonchev–Trinajstić information content (AvgIpc) is 3.70. The number of nitrogens with zero attached hydrogens (tertiary/aromatic N) is 7. The molecule has 1 N–H and O–H groups in total. The average molecular weight is 711 g/mol. The van der Waals surface area contributed by atoms with Crippen molar-refractivity contribution in [3.8, 4) is 5.00 Å². The highest BCUT2D eigenvalue weighted by atomic mass is 35.5. The monoisotopic (exact) mass is 710 g/mol. The van der Waals surface area contributed by atoms with Crippen molar-refractivity contribution < 1.29 is 14.4 Å². The summed E-state index contributed by atoms with van der Waals surface area (Å²) in [6.07, 6.45) is 1.44. The summed E-state index contributed by atoms with van der Waals surface area (Å²) < 4.78 is 2.21. The number of benzene rings is 2. The second kappa shape index (κ2) is 13.1. The molecular weight excluding hydrogens is 672 g/mol. The first kappa shape index (κ1) is 32.9. The molecule has 6 heterocycles. The molecule has 8 rings (SSSR count). The van der Waals surface area contributed by atoms with Crippen LogP contribution >= 0.6 is 22.9 Å². The fraction of sp³-hybridized carbons (Fsp3) is 0.405. The fourth-order valence-electron chi connectivity index (χ4n) is 7.65. The topological polar surface area (TPSA) is 116 Å². The number of hydrogen-bond acceptors (Lipinski definition) is 9. The zero-order chi connectivity index (χ0) is 34.7. The second-order valence-corrected chi connectivity index (χ2v) is 15.3. The third-order valence-electron chi connectivity index (χ3n) is 10.5. The van der Waals surface area contributed by atoms with E-state index in [9.17, 15) is 14.4 Å². The lowest BCUT2D eigenvalue weighted by molar-refractivity contribution is -0.136. The lowest BCUT2D eigenvalue weighted by atomic mass is 9.99. The van der Waals surface area contributed by atoms with Crippen molar-refractivity contribution in [3.05, 3.63) is 97.4 Å². The molecule has 4 aliphatic rings. The Labute approximate surface area is 299 Å². The van der Waals surface area contributed by atoms with Crippen molar-refractivity contribution in [3.63, 3.8) is 0 Å². The molecule has 4 aromatic rings. The number of fused-ring (bicyclic) bond motifs is 4. The van der Waals surface area contributed by atoms with Gasteiger partial charge in [0.25, 0.3) is 5.91 Å². The van der Waals surface area contributed by atoms with Gasteiger partial charge in [-0.05, 0) is 68.5 Å². The number of carbonyl (C=O) groups is 3. The van der Waals surface area contributed by atoms with Crippen molar-refractivity contribution in [2.45, 2.75) is 65.2 Å². The Morgan fingerprint density at radius 3 is 2.48 bits per heavy atom. The van der Waals surface area contributed by atoms with E-state index >= 15 is 0 Å². The molecule has 50 heavy (non-hydrogen) atoms. The Kier molecular flexibility index (Phi) is 8.66. The predicted molar refractivity (Wildman–Crippen MR) is 192 cm³/mol. The maximum atomic E-state index is 13.1. The molecule has 4 aliphatic heterocycles. The van der Waals surface area contributed by atoms with E-state index in [1.807, 2.05) is 31.2 Å². The number of amides is 3. The number of halogens is 1. The Balaban J connectivity index is 0.932. The van der Waals surface area contributed by atoms with Gasteiger partial charge in [0, 0.05) is 78.8 Å². The third-order valence-corrected chi connectivity index (χ3v) is 12.0. The third kappa shape index (κ3) is 5.97. The van der Waals surface area contributed by atoms with Crippen molar-refractivity contribution in [2.75, 3.05) is 32.7 Å². The number of imide groups is 1. The molecule has 0 radical (unpaired) electrons. The normalized spacial score (nSPS) is 21.1. The number of thiophene rings is 1. The Morgan fingerprint density at radius 2 is 1.72 bits per heavy atom. The van der Waals surface area contributed by atoms with Crippen molar-refractivity contribution in [2.24, 2.45) is 4.99 Å². The number of aryl methyl sites for hydroxylation is 2. The number of aliphatic imine (C=N–C) groups is 1. The van der Waals surface area contributed by atoms with E-state index in [0.29, 0.717) is 23.6 Å². The molecule has 2 saturated heterocycles. The van der Waals surface area contributed by atoms with Crippen LogP contribution in [0.15, 0.2) is 47.5 Å². The maximum Gasteiger partial charge on any atom is 0.255 e. The second-order valence-electron chi connectivity index (χ2n) is 13.7. The molecule has 0 saturated carbocycles. The van der Waals surface area contributed by atoms with Gasteiger partial charge in [-0.3, -0.25) is 34.2 Å².